The SMILES string of the molecule is COc1cc(NC(=O)NCc2ccc(NS(=O)(=O)c3ccccc3-c3ccccc3)cc2)ccn1. The predicted molar refractivity (Wildman–Crippen MR) is 136 cm³/mol. The summed E-state index contributed by atoms with van der Waals surface area (Å²) in [6.45, 7) is 0.262. The number of pyridine rings is 1. The molecule has 0 saturated heterocycles. The van der Waals surface area contributed by atoms with Crippen molar-refractivity contribution in [3.05, 3.63) is 103 Å². The zero-order chi connectivity index (χ0) is 24.7. The highest BCUT2D eigenvalue weighted by molar-refractivity contribution is 7.92. The maximum Gasteiger partial charge on any atom is 0.319 e. The summed E-state index contributed by atoms with van der Waals surface area (Å²) in [4.78, 5) is 16.4. The molecule has 0 bridgehead atoms. The Labute approximate surface area is 204 Å². The Morgan fingerprint density at radius 3 is 2.34 bits per heavy atom. The Balaban J connectivity index is 1.39. The van der Waals surface area contributed by atoms with E-state index in [0.717, 1.165) is 11.1 Å². The highest BCUT2D eigenvalue weighted by Crippen LogP contribution is 2.28. The number of hydrogen-bond donors (Lipinski definition) is 3. The molecular weight excluding hydrogens is 464 g/mol. The maximum absolute atomic E-state index is 13.1. The molecular formula is C26H24N4O4S. The van der Waals surface area contributed by atoms with E-state index in [1.165, 1.54) is 13.3 Å². The highest BCUT2D eigenvalue weighted by atomic mass is 32.2. The van der Waals surface area contributed by atoms with Crippen LogP contribution in [0.1, 0.15) is 5.56 Å². The van der Waals surface area contributed by atoms with Crippen LogP contribution in [-0.2, 0) is 16.6 Å². The molecule has 0 saturated carbocycles. The molecule has 0 aliphatic heterocycles. The molecule has 0 spiro atoms. The fourth-order valence-electron chi connectivity index (χ4n) is 3.41. The first-order valence-corrected chi connectivity index (χ1v) is 12.2. The first kappa shape index (κ1) is 23.8. The molecule has 0 aliphatic rings. The number of anilines is 2. The number of rotatable bonds is 8. The molecule has 4 aromatic rings. The number of aromatic nitrogens is 1. The molecule has 0 unspecified atom stereocenters. The van der Waals surface area contributed by atoms with E-state index in [0.29, 0.717) is 22.8 Å². The van der Waals surface area contributed by atoms with Gasteiger partial charge in [0.15, 0.2) is 0 Å². The molecule has 1 aromatic heterocycles. The molecule has 8 nitrogen and oxygen atoms in total. The minimum Gasteiger partial charge on any atom is -0.481 e. The smallest absolute Gasteiger partial charge is 0.319 e. The number of amides is 2. The van der Waals surface area contributed by atoms with Crippen LogP contribution in [0.3, 0.4) is 0 Å². The predicted octanol–water partition coefficient (Wildman–Crippen LogP) is 4.88. The second-order valence-electron chi connectivity index (χ2n) is 7.56. The number of ether oxygens (including phenoxy) is 1. The van der Waals surface area contributed by atoms with Crippen LogP contribution in [0.2, 0.25) is 0 Å². The second kappa shape index (κ2) is 10.7. The van der Waals surface area contributed by atoms with E-state index in [1.54, 1.807) is 54.6 Å². The van der Waals surface area contributed by atoms with Crippen molar-refractivity contribution in [3.63, 3.8) is 0 Å². The monoisotopic (exact) mass is 488 g/mol. The average molecular weight is 489 g/mol. The van der Waals surface area contributed by atoms with E-state index in [4.69, 9.17) is 4.74 Å². The normalized spacial score (nSPS) is 10.9. The second-order valence-corrected chi connectivity index (χ2v) is 9.21. The third-order valence-electron chi connectivity index (χ3n) is 5.12. The Morgan fingerprint density at radius 1 is 0.886 bits per heavy atom. The fourth-order valence-corrected chi connectivity index (χ4v) is 4.70. The molecule has 2 amide bonds. The van der Waals surface area contributed by atoms with Crippen LogP contribution in [0.25, 0.3) is 11.1 Å². The van der Waals surface area contributed by atoms with Crippen molar-refractivity contribution in [2.24, 2.45) is 0 Å². The van der Waals surface area contributed by atoms with Crippen molar-refractivity contribution in [2.75, 3.05) is 17.1 Å². The van der Waals surface area contributed by atoms with E-state index >= 15 is 0 Å². The molecule has 0 radical (unpaired) electrons. The Morgan fingerprint density at radius 2 is 1.60 bits per heavy atom. The lowest BCUT2D eigenvalue weighted by molar-refractivity contribution is 0.251. The summed E-state index contributed by atoms with van der Waals surface area (Å²) >= 11 is 0. The molecule has 0 atom stereocenters. The van der Waals surface area contributed by atoms with Crippen molar-refractivity contribution < 1.29 is 17.9 Å². The van der Waals surface area contributed by atoms with Gasteiger partial charge in [-0.05, 0) is 35.4 Å². The summed E-state index contributed by atoms with van der Waals surface area (Å²) in [5, 5.41) is 5.46. The van der Waals surface area contributed by atoms with Gasteiger partial charge in [0.2, 0.25) is 5.88 Å². The number of nitrogens with one attached hydrogen (secondary N) is 3. The summed E-state index contributed by atoms with van der Waals surface area (Å²) in [6.07, 6.45) is 1.53. The van der Waals surface area contributed by atoms with Gasteiger partial charge in [0, 0.05) is 35.7 Å². The van der Waals surface area contributed by atoms with E-state index < -0.39 is 10.0 Å². The minimum absolute atomic E-state index is 0.196. The van der Waals surface area contributed by atoms with Gasteiger partial charge in [-0.2, -0.15) is 0 Å². The lowest BCUT2D eigenvalue weighted by atomic mass is 10.1. The van der Waals surface area contributed by atoms with Crippen LogP contribution in [0.5, 0.6) is 5.88 Å². The Hall–Kier alpha value is -4.37. The van der Waals surface area contributed by atoms with Gasteiger partial charge in [0.05, 0.1) is 12.0 Å². The van der Waals surface area contributed by atoms with Crippen LogP contribution >= 0.6 is 0 Å². The van der Waals surface area contributed by atoms with Crippen molar-refractivity contribution in [3.8, 4) is 17.0 Å². The molecule has 9 heteroatoms. The lowest BCUT2D eigenvalue weighted by Crippen LogP contribution is -2.28. The first-order valence-electron chi connectivity index (χ1n) is 10.8. The zero-order valence-electron chi connectivity index (χ0n) is 18.9. The van der Waals surface area contributed by atoms with Crippen molar-refractivity contribution in [1.82, 2.24) is 10.3 Å². The van der Waals surface area contributed by atoms with Crippen molar-refractivity contribution in [2.45, 2.75) is 11.4 Å². The van der Waals surface area contributed by atoms with Gasteiger partial charge >= 0.3 is 6.03 Å². The van der Waals surface area contributed by atoms with Crippen LogP contribution in [-0.4, -0.2) is 26.5 Å². The van der Waals surface area contributed by atoms with Crippen LogP contribution in [0.4, 0.5) is 16.2 Å². The van der Waals surface area contributed by atoms with Crippen LogP contribution < -0.4 is 20.1 Å². The van der Waals surface area contributed by atoms with Gasteiger partial charge in [-0.3, -0.25) is 4.72 Å². The highest BCUT2D eigenvalue weighted by Gasteiger charge is 2.19. The van der Waals surface area contributed by atoms with Gasteiger partial charge in [0.1, 0.15) is 0 Å². The fraction of sp³-hybridized carbons (Fsp3) is 0.0769. The molecule has 3 N–H and O–H groups in total. The van der Waals surface area contributed by atoms with Gasteiger partial charge < -0.3 is 15.4 Å². The number of carbonyl (C=O) groups excluding carboxylic acids is 1. The molecule has 35 heavy (non-hydrogen) atoms. The summed E-state index contributed by atoms with van der Waals surface area (Å²) in [6, 6.07) is 25.9. The van der Waals surface area contributed by atoms with Gasteiger partial charge in [0.25, 0.3) is 10.0 Å². The Bertz CT molecular complexity index is 1410. The summed E-state index contributed by atoms with van der Waals surface area (Å²) in [5.41, 5.74) is 3.22. The van der Waals surface area contributed by atoms with Gasteiger partial charge in [-0.1, -0.05) is 60.7 Å². The molecule has 1 heterocycles. The van der Waals surface area contributed by atoms with Gasteiger partial charge in [-0.15, -0.1) is 0 Å². The van der Waals surface area contributed by atoms with Crippen molar-refractivity contribution >= 4 is 27.4 Å². The largest absolute Gasteiger partial charge is 0.481 e. The van der Waals surface area contributed by atoms with Crippen LogP contribution in [0, 0.1) is 0 Å². The number of carbonyl (C=O) groups is 1. The third kappa shape index (κ3) is 6.15. The molecule has 178 valence electrons. The number of methoxy groups -OCH3 is 1. The summed E-state index contributed by atoms with van der Waals surface area (Å²) < 4.78 is 33.9. The minimum atomic E-state index is -3.82. The molecule has 0 aliphatic carbocycles. The Kier molecular flexibility index (Phi) is 7.27. The standard InChI is InChI=1S/C26H24N4O4S/c1-34-25-17-22(15-16-27-25)29-26(31)28-18-19-11-13-21(14-12-19)30-35(32,33)24-10-6-5-9-23(24)20-7-3-2-4-8-20/h2-17,30H,18H2,1H3,(H2,27,28,29,31). The van der Waals surface area contributed by atoms with E-state index in [-0.39, 0.29) is 17.5 Å². The lowest BCUT2D eigenvalue weighted by Gasteiger charge is -2.13. The quantitative estimate of drug-likeness (QED) is 0.328. The summed E-state index contributed by atoms with van der Waals surface area (Å²) in [5.74, 6) is 0.396. The van der Waals surface area contributed by atoms with E-state index in [9.17, 15) is 13.2 Å². The molecule has 0 fully saturated rings. The molecule has 3 aromatic carbocycles. The molecule has 4 rings (SSSR count). The van der Waals surface area contributed by atoms with Gasteiger partial charge in [-0.25, -0.2) is 18.2 Å². The number of urea groups is 1. The topological polar surface area (TPSA) is 109 Å². The zero-order valence-corrected chi connectivity index (χ0v) is 19.7. The van der Waals surface area contributed by atoms with E-state index in [1.807, 2.05) is 36.4 Å². The third-order valence-corrected chi connectivity index (χ3v) is 6.56. The number of benzene rings is 3. The average Bonchev–Trinajstić information content (AvgIpc) is 2.89. The first-order chi connectivity index (χ1) is 16.9. The number of nitrogens with zero attached hydrogens (tertiary/aromatic N) is 1. The van der Waals surface area contributed by atoms with Crippen LogP contribution in [0.15, 0.2) is 102 Å². The summed E-state index contributed by atoms with van der Waals surface area (Å²) in [7, 11) is -2.32. The number of hydrogen-bond acceptors (Lipinski definition) is 5. The van der Waals surface area contributed by atoms with E-state index in [2.05, 4.69) is 20.3 Å². The number of sulfonamides is 1. The maximum atomic E-state index is 13.1. The van der Waals surface area contributed by atoms with Crippen molar-refractivity contribution in [1.29, 1.82) is 0 Å².